The zero-order chi connectivity index (χ0) is 7.68. The lowest BCUT2D eigenvalue weighted by molar-refractivity contribution is -0.589. The highest BCUT2D eigenvalue weighted by molar-refractivity contribution is 5.34. The molecule has 0 atom stereocenters. The summed E-state index contributed by atoms with van der Waals surface area (Å²) in [5.74, 6) is 0. The van der Waals surface area contributed by atoms with Gasteiger partial charge in [0.25, 0.3) is 5.52 Å². The Morgan fingerprint density at radius 2 is 2.27 bits per heavy atom. The molecule has 0 N–H and O–H groups in total. The molecule has 4 heteroatoms. The van der Waals surface area contributed by atoms with Crippen molar-refractivity contribution in [3.8, 4) is 6.01 Å². The van der Waals surface area contributed by atoms with Gasteiger partial charge in [0.1, 0.15) is 6.20 Å². The van der Waals surface area contributed by atoms with Crippen LogP contribution in [0.25, 0.3) is 5.52 Å². The molecule has 0 fully saturated rings. The Labute approximate surface area is 62.8 Å². The first-order chi connectivity index (χ1) is 5.36. The number of pyridine rings is 1. The number of fused-ring (bicyclic) bond motifs is 1. The lowest BCUT2D eigenvalue weighted by atomic mass is 10.4. The van der Waals surface area contributed by atoms with E-state index >= 15 is 0 Å². The molecule has 2 rings (SSSR count). The zero-order valence-electron chi connectivity index (χ0n) is 5.64. The Kier molecular flexibility index (Phi) is 1.18. The molecule has 54 valence electrons. The van der Waals surface area contributed by atoms with E-state index < -0.39 is 6.01 Å². The second-order valence-corrected chi connectivity index (χ2v) is 2.11. The Morgan fingerprint density at radius 1 is 1.36 bits per heavy atom. The number of nitrogens with zero attached hydrogens (tertiary/aromatic N) is 3. The fourth-order valence-electron chi connectivity index (χ4n) is 0.880. The summed E-state index contributed by atoms with van der Waals surface area (Å²) in [4.78, 5) is 3.52. The second-order valence-electron chi connectivity index (χ2n) is 2.11. The van der Waals surface area contributed by atoms with E-state index in [9.17, 15) is 5.11 Å². The third-order valence-corrected chi connectivity index (χ3v) is 1.37. The molecule has 0 aromatic carbocycles. The van der Waals surface area contributed by atoms with Crippen LogP contribution in [-0.4, -0.2) is 10.1 Å². The lowest BCUT2D eigenvalue weighted by Gasteiger charge is -1.95. The topological polar surface area (TPSA) is 52.9 Å². The van der Waals surface area contributed by atoms with E-state index in [0.29, 0.717) is 0 Å². The second kappa shape index (κ2) is 2.16. The van der Waals surface area contributed by atoms with Crippen LogP contribution in [0.1, 0.15) is 0 Å². The van der Waals surface area contributed by atoms with Crippen molar-refractivity contribution in [1.82, 2.24) is 10.1 Å². The Hall–Kier alpha value is -1.71. The summed E-state index contributed by atoms with van der Waals surface area (Å²) in [7, 11) is 0. The van der Waals surface area contributed by atoms with Crippen LogP contribution in [0.3, 0.4) is 0 Å². The first-order valence-electron chi connectivity index (χ1n) is 3.17. The van der Waals surface area contributed by atoms with Gasteiger partial charge in [0.2, 0.25) is 6.20 Å². The molecule has 0 unspecified atom stereocenters. The summed E-state index contributed by atoms with van der Waals surface area (Å²) < 4.78 is 1.50. The van der Waals surface area contributed by atoms with Crippen LogP contribution < -0.4 is 9.62 Å². The maximum Gasteiger partial charge on any atom is 0.256 e. The van der Waals surface area contributed by atoms with E-state index in [1.807, 2.05) is 12.1 Å². The first-order valence-corrected chi connectivity index (χ1v) is 3.17. The quantitative estimate of drug-likeness (QED) is 0.462. The lowest BCUT2D eigenvalue weighted by Crippen LogP contribution is -2.27. The molecule has 0 aliphatic heterocycles. The highest BCUT2D eigenvalue weighted by Crippen LogP contribution is 1.92. The molecule has 2 aromatic heterocycles. The molecule has 0 amide bonds. The summed E-state index contributed by atoms with van der Waals surface area (Å²) in [6, 6.07) is 5.04. The van der Waals surface area contributed by atoms with E-state index in [0.717, 1.165) is 5.52 Å². The minimum atomic E-state index is -0.464. The Balaban J connectivity index is 2.83. The highest BCUT2D eigenvalue weighted by Gasteiger charge is 1.98. The van der Waals surface area contributed by atoms with Crippen molar-refractivity contribution in [3.05, 3.63) is 30.6 Å². The van der Waals surface area contributed by atoms with Gasteiger partial charge in [-0.05, 0) is 6.07 Å². The van der Waals surface area contributed by atoms with Gasteiger partial charge in [0.15, 0.2) is 6.01 Å². The minimum Gasteiger partial charge on any atom is -0.840 e. The van der Waals surface area contributed by atoms with Crippen LogP contribution >= 0.6 is 0 Å². The van der Waals surface area contributed by atoms with Gasteiger partial charge >= 0.3 is 0 Å². The molecule has 11 heavy (non-hydrogen) atoms. The fraction of sp³-hybridized carbons (Fsp3) is 0. The van der Waals surface area contributed by atoms with Crippen molar-refractivity contribution in [1.29, 1.82) is 0 Å². The van der Waals surface area contributed by atoms with Crippen LogP contribution in [0.2, 0.25) is 0 Å². The van der Waals surface area contributed by atoms with Crippen molar-refractivity contribution in [3.63, 3.8) is 0 Å². The van der Waals surface area contributed by atoms with Crippen molar-refractivity contribution in [2.75, 3.05) is 0 Å². The van der Waals surface area contributed by atoms with Gasteiger partial charge < -0.3 is 5.11 Å². The third-order valence-electron chi connectivity index (χ3n) is 1.37. The number of rotatable bonds is 0. The normalized spacial score (nSPS) is 10.2. The monoisotopic (exact) mass is 147 g/mol. The van der Waals surface area contributed by atoms with Crippen LogP contribution in [-0.2, 0) is 0 Å². The molecule has 0 saturated heterocycles. The van der Waals surface area contributed by atoms with Crippen LogP contribution in [0.4, 0.5) is 0 Å². The number of aromatic nitrogens is 3. The van der Waals surface area contributed by atoms with Gasteiger partial charge in [-0.1, -0.05) is 4.52 Å². The molecule has 2 aromatic rings. The fourth-order valence-corrected chi connectivity index (χ4v) is 0.880. The van der Waals surface area contributed by atoms with Crippen LogP contribution in [0, 0.1) is 0 Å². The van der Waals surface area contributed by atoms with Gasteiger partial charge in [-0.15, -0.1) is 0 Å². The molecule has 0 aliphatic carbocycles. The average Bonchev–Trinajstić information content (AvgIpc) is 2.04. The summed E-state index contributed by atoms with van der Waals surface area (Å²) in [6.45, 7) is 0. The smallest absolute Gasteiger partial charge is 0.256 e. The van der Waals surface area contributed by atoms with Crippen molar-refractivity contribution < 1.29 is 9.62 Å². The van der Waals surface area contributed by atoms with E-state index in [-0.39, 0.29) is 0 Å². The minimum absolute atomic E-state index is 0.464. The van der Waals surface area contributed by atoms with E-state index in [2.05, 4.69) is 10.1 Å². The third kappa shape index (κ3) is 0.980. The number of hydrogen-bond donors (Lipinski definition) is 0. The van der Waals surface area contributed by atoms with Gasteiger partial charge in [0, 0.05) is 17.2 Å². The van der Waals surface area contributed by atoms with Crippen molar-refractivity contribution in [2.45, 2.75) is 0 Å². The summed E-state index contributed by atoms with van der Waals surface area (Å²) in [5.41, 5.74) is 0.812. The molecule has 0 radical (unpaired) electrons. The van der Waals surface area contributed by atoms with Crippen LogP contribution in [0.15, 0.2) is 30.6 Å². The van der Waals surface area contributed by atoms with E-state index in [4.69, 9.17) is 0 Å². The van der Waals surface area contributed by atoms with E-state index in [1.165, 1.54) is 10.7 Å². The maximum absolute atomic E-state index is 10.6. The van der Waals surface area contributed by atoms with Gasteiger partial charge in [-0.3, -0.25) is 0 Å². The van der Waals surface area contributed by atoms with E-state index in [1.54, 1.807) is 12.3 Å². The van der Waals surface area contributed by atoms with Crippen LogP contribution in [0.5, 0.6) is 6.01 Å². The average molecular weight is 147 g/mol. The molecular formula is C7H5N3O. The predicted molar refractivity (Wildman–Crippen MR) is 34.6 cm³/mol. The summed E-state index contributed by atoms with van der Waals surface area (Å²) in [5, 5.41) is 14.3. The van der Waals surface area contributed by atoms with Gasteiger partial charge in [-0.25, -0.2) is 4.98 Å². The largest absolute Gasteiger partial charge is 0.840 e. The first kappa shape index (κ1) is 6.03. The van der Waals surface area contributed by atoms with Gasteiger partial charge in [0.05, 0.1) is 0 Å². The molecule has 0 aliphatic rings. The molecule has 4 nitrogen and oxygen atoms in total. The van der Waals surface area contributed by atoms with Gasteiger partial charge in [-0.2, -0.15) is 0 Å². The molecule has 0 bridgehead atoms. The Morgan fingerprint density at radius 3 is 3.18 bits per heavy atom. The summed E-state index contributed by atoms with van der Waals surface area (Å²) in [6.07, 6.45) is 3.20. The molecule has 2 heterocycles. The predicted octanol–water partition coefficient (Wildman–Crippen LogP) is -0.711. The maximum atomic E-state index is 10.6. The highest BCUT2D eigenvalue weighted by atomic mass is 16.3. The molecular weight excluding hydrogens is 142 g/mol. The Bertz CT molecular complexity index is 388. The van der Waals surface area contributed by atoms with Crippen molar-refractivity contribution >= 4 is 5.52 Å². The summed E-state index contributed by atoms with van der Waals surface area (Å²) >= 11 is 0. The molecule has 0 spiro atoms. The molecule has 0 saturated carbocycles. The number of hydrogen-bond acceptors (Lipinski definition) is 3. The standard InChI is InChI=1S/C7H5N3O/c11-7-8-5-6-3-1-2-4-10(6)9-7/h1-5H. The van der Waals surface area contributed by atoms with Crippen molar-refractivity contribution in [2.24, 2.45) is 0 Å². The SMILES string of the molecule is [O-]c1ncc2cccc[n+]2n1. The zero-order valence-corrected chi connectivity index (χ0v) is 5.64.